The summed E-state index contributed by atoms with van der Waals surface area (Å²) in [5, 5.41) is 3.00. The molecule has 1 atom stereocenters. The molecule has 0 bridgehead atoms. The predicted molar refractivity (Wildman–Crippen MR) is 51.7 cm³/mol. The van der Waals surface area contributed by atoms with E-state index in [0.29, 0.717) is 0 Å². The number of hydrogen-bond donors (Lipinski definition) is 1. The van der Waals surface area contributed by atoms with Crippen molar-refractivity contribution in [2.45, 2.75) is 18.9 Å². The first-order valence-corrected chi connectivity index (χ1v) is 4.90. The van der Waals surface area contributed by atoms with Crippen molar-refractivity contribution in [3.63, 3.8) is 0 Å². The largest absolute Gasteiger partial charge is 0.307 e. The number of ketones is 1. The fourth-order valence-corrected chi connectivity index (χ4v) is 1.81. The van der Waals surface area contributed by atoms with E-state index in [1.54, 1.807) is 0 Å². The average molecular weight is 211 g/mol. The van der Waals surface area contributed by atoms with Gasteiger partial charge in [0.2, 0.25) is 0 Å². The van der Waals surface area contributed by atoms with Crippen LogP contribution in [0.3, 0.4) is 0 Å². The van der Waals surface area contributed by atoms with Gasteiger partial charge in [0, 0.05) is 11.6 Å². The second kappa shape index (κ2) is 4.06. The van der Waals surface area contributed by atoms with Crippen LogP contribution in [0.25, 0.3) is 0 Å². The number of benzene rings is 1. The van der Waals surface area contributed by atoms with E-state index in [4.69, 9.17) is 0 Å². The number of rotatable bonds is 2. The molecule has 0 unspecified atom stereocenters. The quantitative estimate of drug-likeness (QED) is 0.757. The number of carbonyl (C=O) groups excluding carboxylic acids is 1. The zero-order valence-corrected chi connectivity index (χ0v) is 8.09. The Hall–Kier alpha value is -1.29. The Bertz CT molecular complexity index is 366. The van der Waals surface area contributed by atoms with Crippen LogP contribution in [-0.2, 0) is 0 Å². The molecule has 0 aromatic heterocycles. The van der Waals surface area contributed by atoms with Crippen LogP contribution in [0.5, 0.6) is 0 Å². The minimum absolute atomic E-state index is 0.104. The fourth-order valence-electron chi connectivity index (χ4n) is 1.81. The first kappa shape index (κ1) is 10.2. The van der Waals surface area contributed by atoms with Gasteiger partial charge in [0.05, 0.1) is 6.04 Å². The van der Waals surface area contributed by atoms with Gasteiger partial charge in [-0.2, -0.15) is 0 Å². The van der Waals surface area contributed by atoms with Crippen molar-refractivity contribution in [3.05, 3.63) is 35.4 Å². The highest BCUT2D eigenvalue weighted by molar-refractivity contribution is 6.00. The van der Waals surface area contributed by atoms with E-state index >= 15 is 0 Å². The van der Waals surface area contributed by atoms with Crippen LogP contribution < -0.4 is 5.32 Å². The summed E-state index contributed by atoms with van der Waals surface area (Å²) in [6.07, 6.45) is 1.66. The summed E-state index contributed by atoms with van der Waals surface area (Å²) >= 11 is 0. The summed E-state index contributed by atoms with van der Waals surface area (Å²) in [5.41, 5.74) is 0.104. The Balaban J connectivity index is 2.24. The van der Waals surface area contributed by atoms with Crippen molar-refractivity contribution in [2.24, 2.45) is 0 Å². The molecule has 2 nitrogen and oxygen atoms in total. The van der Waals surface area contributed by atoms with E-state index in [1.165, 1.54) is 0 Å². The Labute approximate surface area is 86.3 Å². The Morgan fingerprint density at radius 2 is 1.93 bits per heavy atom. The van der Waals surface area contributed by atoms with Gasteiger partial charge in [0.1, 0.15) is 11.6 Å². The second-order valence-electron chi connectivity index (χ2n) is 3.67. The van der Waals surface area contributed by atoms with E-state index in [1.807, 2.05) is 0 Å². The van der Waals surface area contributed by atoms with Crippen LogP contribution in [0.15, 0.2) is 18.2 Å². The molecule has 1 aromatic carbocycles. The van der Waals surface area contributed by atoms with Gasteiger partial charge in [-0.05, 0) is 31.5 Å². The van der Waals surface area contributed by atoms with Gasteiger partial charge in [-0.25, -0.2) is 8.78 Å². The van der Waals surface area contributed by atoms with Crippen LogP contribution in [-0.4, -0.2) is 18.4 Å². The summed E-state index contributed by atoms with van der Waals surface area (Å²) in [7, 11) is 0. The molecule has 0 aliphatic carbocycles. The standard InChI is InChI=1S/C11H11F2NO/c12-8-4-7(5-9(13)6-8)11(15)10-2-1-3-14-10/h4-6,10,14H,1-3H2/t10-/m0/s1. The SMILES string of the molecule is O=C(c1cc(F)cc(F)c1)[C@@H]1CCCN1. The smallest absolute Gasteiger partial charge is 0.179 e. The van der Waals surface area contributed by atoms with Crippen molar-refractivity contribution in [2.75, 3.05) is 6.54 Å². The highest BCUT2D eigenvalue weighted by atomic mass is 19.1. The number of hydrogen-bond acceptors (Lipinski definition) is 2. The molecule has 1 heterocycles. The summed E-state index contributed by atoms with van der Waals surface area (Å²) in [6, 6.07) is 2.63. The van der Waals surface area contributed by atoms with E-state index in [0.717, 1.165) is 37.6 Å². The first-order valence-electron chi connectivity index (χ1n) is 4.90. The Kier molecular flexibility index (Phi) is 2.77. The first-order chi connectivity index (χ1) is 7.16. The van der Waals surface area contributed by atoms with Gasteiger partial charge in [0.15, 0.2) is 5.78 Å². The molecule has 0 saturated carbocycles. The van der Waals surface area contributed by atoms with Crippen LogP contribution in [0.1, 0.15) is 23.2 Å². The summed E-state index contributed by atoms with van der Waals surface area (Å²) in [5.74, 6) is -1.65. The maximum Gasteiger partial charge on any atom is 0.179 e. The minimum atomic E-state index is -0.712. The normalized spacial score (nSPS) is 20.5. The molecule has 0 radical (unpaired) electrons. The third-order valence-electron chi connectivity index (χ3n) is 2.52. The lowest BCUT2D eigenvalue weighted by Crippen LogP contribution is -2.30. The molecule has 15 heavy (non-hydrogen) atoms. The van der Waals surface area contributed by atoms with Crippen molar-refractivity contribution in [3.8, 4) is 0 Å². The van der Waals surface area contributed by atoms with Gasteiger partial charge >= 0.3 is 0 Å². The summed E-state index contributed by atoms with van der Waals surface area (Å²) in [4.78, 5) is 11.8. The van der Waals surface area contributed by atoms with Crippen molar-refractivity contribution < 1.29 is 13.6 Å². The van der Waals surface area contributed by atoms with Gasteiger partial charge in [-0.3, -0.25) is 4.79 Å². The molecule has 0 amide bonds. The van der Waals surface area contributed by atoms with Crippen molar-refractivity contribution >= 4 is 5.78 Å². The molecule has 1 N–H and O–H groups in total. The van der Waals surface area contributed by atoms with Crippen LogP contribution in [0.2, 0.25) is 0 Å². The van der Waals surface area contributed by atoms with Gasteiger partial charge in [-0.15, -0.1) is 0 Å². The molecule has 1 aliphatic heterocycles. The number of nitrogens with one attached hydrogen (secondary N) is 1. The number of Topliss-reactive ketones (excluding diaryl/α,β-unsaturated/α-hetero) is 1. The maximum atomic E-state index is 12.9. The van der Waals surface area contributed by atoms with E-state index in [-0.39, 0.29) is 17.4 Å². The lowest BCUT2D eigenvalue weighted by molar-refractivity contribution is 0.0951. The molecule has 0 spiro atoms. The van der Waals surface area contributed by atoms with E-state index < -0.39 is 11.6 Å². The van der Waals surface area contributed by atoms with Crippen LogP contribution >= 0.6 is 0 Å². The molecule has 1 aromatic rings. The molecule has 4 heteroatoms. The zero-order chi connectivity index (χ0) is 10.8. The van der Waals surface area contributed by atoms with Crippen LogP contribution in [0, 0.1) is 11.6 Å². The average Bonchev–Trinajstić information content (AvgIpc) is 2.67. The highest BCUT2D eigenvalue weighted by Crippen LogP contribution is 2.14. The topological polar surface area (TPSA) is 29.1 Å². The molecular formula is C11H11F2NO. The maximum absolute atomic E-state index is 12.9. The van der Waals surface area contributed by atoms with Crippen molar-refractivity contribution in [1.82, 2.24) is 5.32 Å². The monoisotopic (exact) mass is 211 g/mol. The van der Waals surface area contributed by atoms with Gasteiger partial charge in [-0.1, -0.05) is 0 Å². The third-order valence-corrected chi connectivity index (χ3v) is 2.52. The third kappa shape index (κ3) is 2.21. The molecule has 2 rings (SSSR count). The second-order valence-corrected chi connectivity index (χ2v) is 3.67. The highest BCUT2D eigenvalue weighted by Gasteiger charge is 2.23. The van der Waals surface area contributed by atoms with Gasteiger partial charge in [0.25, 0.3) is 0 Å². The lowest BCUT2D eigenvalue weighted by Gasteiger charge is -2.08. The van der Waals surface area contributed by atoms with E-state index in [2.05, 4.69) is 5.32 Å². The predicted octanol–water partition coefficient (Wildman–Crippen LogP) is 1.90. The van der Waals surface area contributed by atoms with Crippen molar-refractivity contribution in [1.29, 1.82) is 0 Å². The molecule has 1 aliphatic rings. The Morgan fingerprint density at radius 1 is 1.27 bits per heavy atom. The molecule has 1 fully saturated rings. The Morgan fingerprint density at radius 3 is 2.47 bits per heavy atom. The molecule has 1 saturated heterocycles. The van der Waals surface area contributed by atoms with Gasteiger partial charge < -0.3 is 5.32 Å². The lowest BCUT2D eigenvalue weighted by atomic mass is 10.0. The number of halogens is 2. The summed E-state index contributed by atoms with van der Waals surface area (Å²) in [6.45, 7) is 0.786. The molecule has 80 valence electrons. The van der Waals surface area contributed by atoms with E-state index in [9.17, 15) is 13.6 Å². The molecular weight excluding hydrogens is 200 g/mol. The summed E-state index contributed by atoms with van der Waals surface area (Å²) < 4.78 is 25.7. The fraction of sp³-hybridized carbons (Fsp3) is 0.364. The minimum Gasteiger partial charge on any atom is -0.307 e. The number of carbonyl (C=O) groups is 1. The van der Waals surface area contributed by atoms with Crippen LogP contribution in [0.4, 0.5) is 8.78 Å². The zero-order valence-electron chi connectivity index (χ0n) is 8.09.